The van der Waals surface area contributed by atoms with E-state index >= 15 is 0 Å². The van der Waals surface area contributed by atoms with Gasteiger partial charge in [-0.2, -0.15) is 0 Å². The molecule has 0 aliphatic heterocycles. The molecule has 3 heteroatoms. The fourth-order valence-corrected chi connectivity index (χ4v) is 1.82. The Morgan fingerprint density at radius 1 is 1.10 bits per heavy atom. The molecule has 0 aliphatic rings. The minimum absolute atomic E-state index is 0.602. The predicted molar refractivity (Wildman–Crippen MR) is 89.5 cm³/mol. The molecule has 1 N–H and O–H groups in total. The molecule has 0 heterocycles. The molecule has 0 saturated heterocycles. The Hall–Kier alpha value is -2.29. The summed E-state index contributed by atoms with van der Waals surface area (Å²) < 4.78 is 11.2. The molecular formula is C18H23NO2. The summed E-state index contributed by atoms with van der Waals surface area (Å²) in [6, 6.07) is 5.87. The van der Waals surface area contributed by atoms with E-state index in [1.165, 1.54) is 6.21 Å². The monoisotopic (exact) mass is 285 g/mol. The first-order chi connectivity index (χ1) is 10.2. The first-order valence-electron chi connectivity index (χ1n) is 7.16. The first kappa shape index (κ1) is 16.8. The number of hydrogen-bond acceptors (Lipinski definition) is 3. The van der Waals surface area contributed by atoms with Crippen LogP contribution < -0.4 is 9.47 Å². The maximum Gasteiger partial charge on any atom is 0.161 e. The molecule has 0 saturated carbocycles. The molecule has 1 aromatic rings. The highest BCUT2D eigenvalue weighted by molar-refractivity contribution is 5.72. The molecule has 112 valence electrons. The lowest BCUT2D eigenvalue weighted by atomic mass is 10.1. The van der Waals surface area contributed by atoms with Crippen molar-refractivity contribution in [2.24, 2.45) is 0 Å². The second-order valence-electron chi connectivity index (χ2n) is 4.24. The number of allylic oxidation sites excluding steroid dienone is 5. The summed E-state index contributed by atoms with van der Waals surface area (Å²) >= 11 is 0. The number of benzene rings is 1. The molecule has 0 fully saturated rings. The van der Waals surface area contributed by atoms with E-state index in [1.54, 1.807) is 6.08 Å². The van der Waals surface area contributed by atoms with Crippen LogP contribution in [0.5, 0.6) is 11.5 Å². The van der Waals surface area contributed by atoms with Crippen LogP contribution in [0.4, 0.5) is 0 Å². The zero-order valence-corrected chi connectivity index (χ0v) is 12.9. The van der Waals surface area contributed by atoms with Crippen molar-refractivity contribution in [3.63, 3.8) is 0 Å². The van der Waals surface area contributed by atoms with E-state index < -0.39 is 0 Å². The Labute approximate surface area is 127 Å². The van der Waals surface area contributed by atoms with E-state index in [4.69, 9.17) is 14.9 Å². The zero-order chi connectivity index (χ0) is 15.5. The molecule has 0 amide bonds. The summed E-state index contributed by atoms with van der Waals surface area (Å²) in [6.07, 6.45) is 10.9. The van der Waals surface area contributed by atoms with Crippen LogP contribution in [0.2, 0.25) is 0 Å². The van der Waals surface area contributed by atoms with Crippen LogP contribution in [0.3, 0.4) is 0 Å². The smallest absolute Gasteiger partial charge is 0.161 e. The summed E-state index contributed by atoms with van der Waals surface area (Å²) in [4.78, 5) is 0. The quantitative estimate of drug-likeness (QED) is 0.558. The van der Waals surface area contributed by atoms with Gasteiger partial charge in [0.15, 0.2) is 11.5 Å². The molecule has 0 bridgehead atoms. The molecule has 0 aromatic heterocycles. The second kappa shape index (κ2) is 9.59. The molecule has 1 rings (SSSR count). The molecule has 0 aliphatic carbocycles. The highest BCUT2D eigenvalue weighted by Gasteiger charge is 2.04. The maximum atomic E-state index is 7.15. The van der Waals surface area contributed by atoms with Crippen LogP contribution in [0.1, 0.15) is 26.3 Å². The predicted octanol–water partition coefficient (Wildman–Crippen LogP) is 4.65. The van der Waals surface area contributed by atoms with Crippen molar-refractivity contribution in [2.75, 3.05) is 13.2 Å². The van der Waals surface area contributed by atoms with E-state index in [2.05, 4.69) is 0 Å². The summed E-state index contributed by atoms with van der Waals surface area (Å²) in [5, 5.41) is 7.15. The number of hydrogen-bond donors (Lipinski definition) is 1. The van der Waals surface area contributed by atoms with Crippen molar-refractivity contribution in [1.82, 2.24) is 0 Å². The fourth-order valence-electron chi connectivity index (χ4n) is 1.82. The third-order valence-corrected chi connectivity index (χ3v) is 2.67. The SMILES string of the molecule is C\C=C/C(/C=C/c1ccc(OCC)c(OCC)c1)=C\C=N. The Morgan fingerprint density at radius 2 is 1.81 bits per heavy atom. The van der Waals surface area contributed by atoms with Gasteiger partial charge in [-0.05, 0) is 50.1 Å². The number of nitrogens with one attached hydrogen (secondary N) is 1. The van der Waals surface area contributed by atoms with Crippen LogP contribution in [0, 0.1) is 5.41 Å². The van der Waals surface area contributed by atoms with Crippen molar-refractivity contribution >= 4 is 12.3 Å². The lowest BCUT2D eigenvalue weighted by Gasteiger charge is -2.11. The number of ether oxygens (including phenoxy) is 2. The van der Waals surface area contributed by atoms with E-state index in [-0.39, 0.29) is 0 Å². The van der Waals surface area contributed by atoms with Gasteiger partial charge in [0, 0.05) is 6.21 Å². The Morgan fingerprint density at radius 3 is 2.43 bits per heavy atom. The zero-order valence-electron chi connectivity index (χ0n) is 12.9. The lowest BCUT2D eigenvalue weighted by molar-refractivity contribution is 0.287. The third kappa shape index (κ3) is 5.69. The molecule has 0 spiro atoms. The summed E-state index contributed by atoms with van der Waals surface area (Å²) in [5.41, 5.74) is 2.00. The van der Waals surface area contributed by atoms with Crippen LogP contribution in [0.25, 0.3) is 6.08 Å². The van der Waals surface area contributed by atoms with E-state index in [1.807, 2.05) is 63.3 Å². The molecule has 1 aromatic carbocycles. The molecule has 0 radical (unpaired) electrons. The Kier molecular flexibility index (Phi) is 7.65. The minimum atomic E-state index is 0.602. The normalized spacial score (nSPS) is 12.0. The van der Waals surface area contributed by atoms with Crippen molar-refractivity contribution < 1.29 is 9.47 Å². The molecule has 21 heavy (non-hydrogen) atoms. The summed E-state index contributed by atoms with van der Waals surface area (Å²) in [6.45, 7) is 7.08. The summed E-state index contributed by atoms with van der Waals surface area (Å²) in [7, 11) is 0. The second-order valence-corrected chi connectivity index (χ2v) is 4.24. The van der Waals surface area contributed by atoms with Gasteiger partial charge in [-0.1, -0.05) is 30.4 Å². The average Bonchev–Trinajstić information content (AvgIpc) is 2.48. The van der Waals surface area contributed by atoms with Gasteiger partial charge in [-0.25, -0.2) is 0 Å². The van der Waals surface area contributed by atoms with Crippen LogP contribution in [0.15, 0.2) is 48.1 Å². The number of rotatable bonds is 8. The topological polar surface area (TPSA) is 42.3 Å². The van der Waals surface area contributed by atoms with Gasteiger partial charge in [0.1, 0.15) is 0 Å². The largest absolute Gasteiger partial charge is 0.490 e. The fraction of sp³-hybridized carbons (Fsp3) is 0.278. The lowest BCUT2D eigenvalue weighted by Crippen LogP contribution is -1.98. The van der Waals surface area contributed by atoms with Crippen LogP contribution in [-0.4, -0.2) is 19.4 Å². The first-order valence-corrected chi connectivity index (χ1v) is 7.16. The van der Waals surface area contributed by atoms with Crippen LogP contribution >= 0.6 is 0 Å². The van der Waals surface area contributed by atoms with E-state index in [0.29, 0.717) is 13.2 Å². The van der Waals surface area contributed by atoms with Crippen molar-refractivity contribution in [3.05, 3.63) is 53.6 Å². The van der Waals surface area contributed by atoms with E-state index in [9.17, 15) is 0 Å². The highest BCUT2D eigenvalue weighted by Crippen LogP contribution is 2.29. The van der Waals surface area contributed by atoms with Crippen molar-refractivity contribution in [2.45, 2.75) is 20.8 Å². The van der Waals surface area contributed by atoms with Gasteiger partial charge in [-0.3, -0.25) is 0 Å². The molecule has 0 atom stereocenters. The van der Waals surface area contributed by atoms with Gasteiger partial charge >= 0.3 is 0 Å². The van der Waals surface area contributed by atoms with Gasteiger partial charge in [-0.15, -0.1) is 0 Å². The van der Waals surface area contributed by atoms with Crippen LogP contribution in [-0.2, 0) is 0 Å². The maximum absolute atomic E-state index is 7.15. The molecular weight excluding hydrogens is 262 g/mol. The van der Waals surface area contributed by atoms with E-state index in [0.717, 1.165) is 22.6 Å². The van der Waals surface area contributed by atoms with Gasteiger partial charge in [0.25, 0.3) is 0 Å². The summed E-state index contributed by atoms with van der Waals surface area (Å²) in [5.74, 6) is 1.52. The van der Waals surface area contributed by atoms with Gasteiger partial charge < -0.3 is 14.9 Å². The third-order valence-electron chi connectivity index (χ3n) is 2.67. The van der Waals surface area contributed by atoms with Crippen molar-refractivity contribution in [3.8, 4) is 11.5 Å². The van der Waals surface area contributed by atoms with Crippen molar-refractivity contribution in [1.29, 1.82) is 5.41 Å². The Bertz CT molecular complexity index is 542. The standard InChI is InChI=1S/C18H23NO2/c1-4-7-15(12-13-19)8-9-16-10-11-17(20-5-2)18(14-16)21-6-3/h4,7-14,19H,5-6H2,1-3H3/b7-4-,9-8+,15-12+,19-13?. The minimum Gasteiger partial charge on any atom is -0.490 e. The molecule has 0 unspecified atom stereocenters. The van der Waals surface area contributed by atoms with Gasteiger partial charge in [0.05, 0.1) is 13.2 Å². The highest BCUT2D eigenvalue weighted by atomic mass is 16.5. The van der Waals surface area contributed by atoms with Gasteiger partial charge in [0.2, 0.25) is 0 Å². The average molecular weight is 285 g/mol. The molecule has 3 nitrogen and oxygen atoms in total. The Balaban J connectivity index is 3.00.